The van der Waals surface area contributed by atoms with Crippen LogP contribution in [0.1, 0.15) is 0 Å². The molecule has 19 heavy (non-hydrogen) atoms. The monoisotopic (exact) mass is 252 g/mol. The van der Waals surface area contributed by atoms with Gasteiger partial charge in [0, 0.05) is 31.7 Å². The fourth-order valence-corrected chi connectivity index (χ4v) is 1.70. The first-order chi connectivity index (χ1) is 9.31. The minimum absolute atomic E-state index is 0.695. The van der Waals surface area contributed by atoms with E-state index in [4.69, 9.17) is 4.74 Å². The fraction of sp³-hybridized carbons (Fsp3) is 0.0714. The maximum atomic E-state index is 5.71. The molecule has 5 nitrogen and oxygen atoms in total. The highest BCUT2D eigenvalue weighted by molar-refractivity contribution is 5.55. The van der Waals surface area contributed by atoms with E-state index < -0.39 is 0 Å². The highest BCUT2D eigenvalue weighted by Gasteiger charge is 2.05. The smallest absolute Gasteiger partial charge is 0.145 e. The quantitative estimate of drug-likeness (QED) is 0.719. The molecule has 3 aromatic heterocycles. The molecule has 5 heteroatoms. The Morgan fingerprint density at radius 3 is 2.74 bits per heavy atom. The summed E-state index contributed by atoms with van der Waals surface area (Å²) < 4.78 is 7.59. The van der Waals surface area contributed by atoms with Crippen molar-refractivity contribution < 1.29 is 4.74 Å². The Bertz CT molecular complexity index is 679. The van der Waals surface area contributed by atoms with Gasteiger partial charge < -0.3 is 9.30 Å². The Kier molecular flexibility index (Phi) is 2.94. The second-order valence-electron chi connectivity index (χ2n) is 4.09. The molecule has 0 fully saturated rings. The molecule has 0 spiro atoms. The lowest BCUT2D eigenvalue weighted by molar-refractivity contribution is 0.480. The van der Waals surface area contributed by atoms with Gasteiger partial charge in [-0.1, -0.05) is 0 Å². The number of hydrogen-bond donors (Lipinski definition) is 0. The van der Waals surface area contributed by atoms with Crippen LogP contribution in [0.3, 0.4) is 0 Å². The van der Waals surface area contributed by atoms with Crippen LogP contribution in [-0.2, 0) is 7.05 Å². The normalized spacial score (nSPS) is 10.4. The zero-order valence-electron chi connectivity index (χ0n) is 10.4. The third kappa shape index (κ3) is 2.60. The zero-order chi connectivity index (χ0) is 13.1. The number of ether oxygens (including phenoxy) is 1. The van der Waals surface area contributed by atoms with Crippen LogP contribution in [0.4, 0.5) is 0 Å². The summed E-state index contributed by atoms with van der Waals surface area (Å²) in [5.41, 5.74) is 1.60. The molecular formula is C14H12N4O. The van der Waals surface area contributed by atoms with E-state index >= 15 is 0 Å². The molecule has 0 aliphatic heterocycles. The summed E-state index contributed by atoms with van der Waals surface area (Å²) in [5.74, 6) is 1.41. The van der Waals surface area contributed by atoms with Gasteiger partial charge in [-0.05, 0) is 18.2 Å². The number of imidazole rings is 1. The van der Waals surface area contributed by atoms with Gasteiger partial charge in [-0.15, -0.1) is 0 Å². The SMILES string of the molecule is Cn1cnc(-c2cc(Oc3cccnc3)ccn2)c1. The van der Waals surface area contributed by atoms with Crippen LogP contribution in [0, 0.1) is 0 Å². The first kappa shape index (κ1) is 11.4. The van der Waals surface area contributed by atoms with E-state index in [0.29, 0.717) is 11.5 Å². The van der Waals surface area contributed by atoms with Crippen LogP contribution in [0.2, 0.25) is 0 Å². The van der Waals surface area contributed by atoms with E-state index in [0.717, 1.165) is 11.4 Å². The molecule has 0 radical (unpaired) electrons. The van der Waals surface area contributed by atoms with Gasteiger partial charge >= 0.3 is 0 Å². The van der Waals surface area contributed by atoms with Crippen molar-refractivity contribution in [2.75, 3.05) is 0 Å². The first-order valence-corrected chi connectivity index (χ1v) is 5.83. The molecule has 0 aromatic carbocycles. The Balaban J connectivity index is 1.88. The average molecular weight is 252 g/mol. The molecule has 94 valence electrons. The second kappa shape index (κ2) is 4.89. The molecule has 0 bridgehead atoms. The van der Waals surface area contributed by atoms with Crippen LogP contribution >= 0.6 is 0 Å². The fourth-order valence-electron chi connectivity index (χ4n) is 1.70. The lowest BCUT2D eigenvalue weighted by atomic mass is 10.3. The summed E-state index contributed by atoms with van der Waals surface area (Å²) in [5, 5.41) is 0. The Morgan fingerprint density at radius 2 is 2.00 bits per heavy atom. The molecule has 0 N–H and O–H groups in total. The molecule has 3 rings (SSSR count). The minimum atomic E-state index is 0.695. The summed E-state index contributed by atoms with van der Waals surface area (Å²) in [7, 11) is 1.92. The molecule has 3 heterocycles. The molecule has 0 aliphatic rings. The van der Waals surface area contributed by atoms with Crippen LogP contribution in [0.5, 0.6) is 11.5 Å². The summed E-state index contributed by atoms with van der Waals surface area (Å²) in [6.07, 6.45) is 8.73. The van der Waals surface area contributed by atoms with Crippen molar-refractivity contribution in [3.8, 4) is 22.9 Å². The van der Waals surface area contributed by atoms with Gasteiger partial charge in [0.05, 0.1) is 18.2 Å². The Labute approximate surface area is 110 Å². The standard InChI is InChI=1S/C14H12N4O/c1-18-9-14(17-10-18)13-7-11(4-6-16-13)19-12-3-2-5-15-8-12/h2-10H,1H3. The lowest BCUT2D eigenvalue weighted by Crippen LogP contribution is -1.88. The molecular weight excluding hydrogens is 240 g/mol. The molecule has 0 aliphatic carbocycles. The first-order valence-electron chi connectivity index (χ1n) is 5.83. The maximum Gasteiger partial charge on any atom is 0.145 e. The maximum absolute atomic E-state index is 5.71. The highest BCUT2D eigenvalue weighted by Crippen LogP contribution is 2.23. The van der Waals surface area contributed by atoms with Gasteiger partial charge in [-0.25, -0.2) is 4.98 Å². The summed E-state index contributed by atoms with van der Waals surface area (Å²) >= 11 is 0. The van der Waals surface area contributed by atoms with E-state index in [9.17, 15) is 0 Å². The van der Waals surface area contributed by atoms with Gasteiger partial charge in [0.15, 0.2) is 0 Å². The number of aryl methyl sites for hydroxylation is 1. The van der Waals surface area contributed by atoms with Crippen molar-refractivity contribution in [2.45, 2.75) is 0 Å². The van der Waals surface area contributed by atoms with Gasteiger partial charge in [-0.2, -0.15) is 0 Å². The number of hydrogen-bond acceptors (Lipinski definition) is 4. The molecule has 0 atom stereocenters. The van der Waals surface area contributed by atoms with Crippen LogP contribution in [-0.4, -0.2) is 19.5 Å². The zero-order valence-corrected chi connectivity index (χ0v) is 10.4. The third-order valence-corrected chi connectivity index (χ3v) is 2.57. The van der Waals surface area contributed by atoms with Crippen LogP contribution < -0.4 is 4.74 Å². The average Bonchev–Trinajstić information content (AvgIpc) is 2.87. The number of rotatable bonds is 3. The van der Waals surface area contributed by atoms with Gasteiger partial charge in [0.25, 0.3) is 0 Å². The Morgan fingerprint density at radius 1 is 1.05 bits per heavy atom. The van der Waals surface area contributed by atoms with Crippen molar-refractivity contribution in [1.82, 2.24) is 19.5 Å². The summed E-state index contributed by atoms with van der Waals surface area (Å²) in [4.78, 5) is 12.6. The van der Waals surface area contributed by atoms with E-state index in [-0.39, 0.29) is 0 Å². The number of pyridine rings is 2. The predicted octanol–water partition coefficient (Wildman–Crippen LogP) is 2.67. The lowest BCUT2D eigenvalue weighted by Gasteiger charge is -2.05. The van der Waals surface area contributed by atoms with Gasteiger partial charge in [-0.3, -0.25) is 9.97 Å². The van der Waals surface area contributed by atoms with Crippen LogP contribution in [0.15, 0.2) is 55.4 Å². The Hall–Kier alpha value is -2.69. The number of nitrogens with zero attached hydrogens (tertiary/aromatic N) is 4. The topological polar surface area (TPSA) is 52.8 Å². The minimum Gasteiger partial charge on any atom is -0.456 e. The van der Waals surface area contributed by atoms with Crippen molar-refractivity contribution >= 4 is 0 Å². The van der Waals surface area contributed by atoms with Crippen molar-refractivity contribution in [3.05, 3.63) is 55.4 Å². The van der Waals surface area contributed by atoms with E-state index in [2.05, 4.69) is 15.0 Å². The largest absolute Gasteiger partial charge is 0.456 e. The summed E-state index contributed by atoms with van der Waals surface area (Å²) in [6, 6.07) is 7.35. The molecule has 0 saturated heterocycles. The van der Waals surface area contributed by atoms with E-state index in [1.165, 1.54) is 0 Å². The molecule has 3 aromatic rings. The van der Waals surface area contributed by atoms with Crippen molar-refractivity contribution in [1.29, 1.82) is 0 Å². The predicted molar refractivity (Wildman–Crippen MR) is 70.8 cm³/mol. The van der Waals surface area contributed by atoms with Crippen LogP contribution in [0.25, 0.3) is 11.4 Å². The number of aromatic nitrogens is 4. The summed E-state index contributed by atoms with van der Waals surface area (Å²) in [6.45, 7) is 0. The van der Waals surface area contributed by atoms with Crippen molar-refractivity contribution in [3.63, 3.8) is 0 Å². The van der Waals surface area contributed by atoms with Gasteiger partial charge in [0.1, 0.15) is 17.2 Å². The molecule has 0 saturated carbocycles. The van der Waals surface area contributed by atoms with Gasteiger partial charge in [0.2, 0.25) is 0 Å². The van der Waals surface area contributed by atoms with E-state index in [1.807, 2.05) is 36.0 Å². The second-order valence-corrected chi connectivity index (χ2v) is 4.09. The molecule has 0 amide bonds. The van der Waals surface area contributed by atoms with E-state index in [1.54, 1.807) is 31.0 Å². The molecule has 0 unspecified atom stereocenters. The third-order valence-electron chi connectivity index (χ3n) is 2.57. The highest BCUT2D eigenvalue weighted by atomic mass is 16.5. The van der Waals surface area contributed by atoms with Crippen molar-refractivity contribution in [2.24, 2.45) is 7.05 Å².